The van der Waals surface area contributed by atoms with E-state index in [1.54, 1.807) is 0 Å². The van der Waals surface area contributed by atoms with Crippen molar-refractivity contribution in [2.24, 2.45) is 0 Å². The van der Waals surface area contributed by atoms with E-state index in [9.17, 15) is 0 Å². The Morgan fingerprint density at radius 2 is 1.46 bits per heavy atom. The SMILES string of the molecule is CCCN(CCC)CCc1cccc(OCc2ccc3ccccc3c2)c1.Cl. The summed E-state index contributed by atoms with van der Waals surface area (Å²) in [4.78, 5) is 2.56. The monoisotopic (exact) mass is 397 g/mol. The first-order valence-corrected chi connectivity index (χ1v) is 10.2. The number of fused-ring (bicyclic) bond motifs is 1. The number of nitrogens with zero attached hydrogens (tertiary/aromatic N) is 1. The van der Waals surface area contributed by atoms with Gasteiger partial charge in [0.1, 0.15) is 12.4 Å². The Balaban J connectivity index is 0.00000280. The quantitative estimate of drug-likeness (QED) is 0.387. The molecule has 3 rings (SSSR count). The van der Waals surface area contributed by atoms with E-state index in [2.05, 4.69) is 85.5 Å². The van der Waals surface area contributed by atoms with Crippen LogP contribution in [0.2, 0.25) is 0 Å². The second-order valence-corrected chi connectivity index (χ2v) is 7.21. The average Bonchev–Trinajstić information content (AvgIpc) is 2.71. The maximum absolute atomic E-state index is 6.07. The Morgan fingerprint density at radius 1 is 0.714 bits per heavy atom. The third kappa shape index (κ3) is 6.54. The van der Waals surface area contributed by atoms with Crippen molar-refractivity contribution in [2.75, 3.05) is 19.6 Å². The van der Waals surface area contributed by atoms with Crippen LogP contribution in [0.25, 0.3) is 10.8 Å². The van der Waals surface area contributed by atoms with Gasteiger partial charge in [-0.05, 0) is 72.5 Å². The van der Waals surface area contributed by atoms with Gasteiger partial charge in [-0.15, -0.1) is 12.4 Å². The third-order valence-electron chi connectivity index (χ3n) is 4.91. The minimum atomic E-state index is 0. The molecule has 0 aliphatic rings. The molecular formula is C25H32ClNO. The lowest BCUT2D eigenvalue weighted by atomic mass is 10.1. The topological polar surface area (TPSA) is 12.5 Å². The predicted molar refractivity (Wildman–Crippen MR) is 123 cm³/mol. The van der Waals surface area contributed by atoms with Crippen molar-refractivity contribution in [1.29, 1.82) is 0 Å². The molecule has 150 valence electrons. The second-order valence-electron chi connectivity index (χ2n) is 7.21. The first kappa shape index (κ1) is 22.3. The molecule has 0 amide bonds. The number of hydrogen-bond acceptors (Lipinski definition) is 2. The van der Waals surface area contributed by atoms with Crippen LogP contribution in [0.4, 0.5) is 0 Å². The van der Waals surface area contributed by atoms with Gasteiger partial charge in [-0.1, -0.05) is 62.4 Å². The number of ether oxygens (including phenoxy) is 1. The average molecular weight is 398 g/mol. The molecule has 0 aliphatic heterocycles. The minimum absolute atomic E-state index is 0. The molecule has 3 aromatic rings. The van der Waals surface area contributed by atoms with Gasteiger partial charge in [-0.2, -0.15) is 0 Å². The summed E-state index contributed by atoms with van der Waals surface area (Å²) in [5.74, 6) is 0.957. The van der Waals surface area contributed by atoms with Gasteiger partial charge in [0.05, 0.1) is 0 Å². The molecule has 2 nitrogen and oxygen atoms in total. The molecule has 0 spiro atoms. The lowest BCUT2D eigenvalue weighted by molar-refractivity contribution is 0.277. The predicted octanol–water partition coefficient (Wildman–Crippen LogP) is 6.51. The van der Waals surface area contributed by atoms with Crippen LogP contribution in [0.15, 0.2) is 66.7 Å². The van der Waals surface area contributed by atoms with Crippen LogP contribution in [0.1, 0.15) is 37.8 Å². The first-order chi connectivity index (χ1) is 13.3. The summed E-state index contributed by atoms with van der Waals surface area (Å²) >= 11 is 0. The molecule has 0 aromatic heterocycles. The summed E-state index contributed by atoms with van der Waals surface area (Å²) in [7, 11) is 0. The fourth-order valence-electron chi connectivity index (χ4n) is 3.54. The van der Waals surface area contributed by atoms with Gasteiger partial charge in [-0.25, -0.2) is 0 Å². The van der Waals surface area contributed by atoms with E-state index < -0.39 is 0 Å². The van der Waals surface area contributed by atoms with Crippen molar-refractivity contribution in [1.82, 2.24) is 4.90 Å². The van der Waals surface area contributed by atoms with Gasteiger partial charge in [0, 0.05) is 6.54 Å². The van der Waals surface area contributed by atoms with Crippen molar-refractivity contribution >= 4 is 23.2 Å². The van der Waals surface area contributed by atoms with Crippen LogP contribution >= 0.6 is 12.4 Å². The van der Waals surface area contributed by atoms with E-state index >= 15 is 0 Å². The summed E-state index contributed by atoms with van der Waals surface area (Å²) in [6.45, 7) is 8.60. The van der Waals surface area contributed by atoms with Crippen molar-refractivity contribution in [3.05, 3.63) is 77.9 Å². The van der Waals surface area contributed by atoms with Crippen LogP contribution in [-0.4, -0.2) is 24.5 Å². The standard InChI is InChI=1S/C25H31NO.ClH/c1-3-15-26(16-4-2)17-14-21-8-7-11-25(19-21)27-20-22-12-13-23-9-5-6-10-24(23)18-22;/h5-13,18-19H,3-4,14-17,20H2,1-2H3;1H. The summed E-state index contributed by atoms with van der Waals surface area (Å²) in [6.07, 6.45) is 3.51. The molecule has 28 heavy (non-hydrogen) atoms. The molecule has 0 N–H and O–H groups in total. The fourth-order valence-corrected chi connectivity index (χ4v) is 3.54. The van der Waals surface area contributed by atoms with E-state index in [0.29, 0.717) is 6.61 Å². The van der Waals surface area contributed by atoms with E-state index in [4.69, 9.17) is 4.74 Å². The lowest BCUT2D eigenvalue weighted by Gasteiger charge is -2.20. The second kappa shape index (κ2) is 11.7. The highest BCUT2D eigenvalue weighted by Gasteiger charge is 2.04. The van der Waals surface area contributed by atoms with Gasteiger partial charge in [0.2, 0.25) is 0 Å². The largest absolute Gasteiger partial charge is 0.489 e. The minimum Gasteiger partial charge on any atom is -0.489 e. The molecule has 0 heterocycles. The highest BCUT2D eigenvalue weighted by Crippen LogP contribution is 2.19. The van der Waals surface area contributed by atoms with E-state index in [0.717, 1.165) is 18.7 Å². The van der Waals surface area contributed by atoms with Crippen molar-refractivity contribution in [3.63, 3.8) is 0 Å². The molecule has 3 aromatic carbocycles. The molecule has 0 saturated carbocycles. The summed E-state index contributed by atoms with van der Waals surface area (Å²) in [5, 5.41) is 2.53. The van der Waals surface area contributed by atoms with Crippen molar-refractivity contribution in [2.45, 2.75) is 39.7 Å². The normalized spacial score (nSPS) is 10.8. The van der Waals surface area contributed by atoms with Crippen molar-refractivity contribution in [3.8, 4) is 5.75 Å². The maximum Gasteiger partial charge on any atom is 0.120 e. The maximum atomic E-state index is 6.07. The zero-order valence-electron chi connectivity index (χ0n) is 17.1. The van der Waals surface area contributed by atoms with E-state index in [-0.39, 0.29) is 12.4 Å². The van der Waals surface area contributed by atoms with Gasteiger partial charge in [0.25, 0.3) is 0 Å². The molecule has 0 atom stereocenters. The molecular weight excluding hydrogens is 366 g/mol. The Bertz CT molecular complexity index is 843. The fraction of sp³-hybridized carbons (Fsp3) is 0.360. The van der Waals surface area contributed by atoms with E-state index in [1.807, 2.05) is 0 Å². The van der Waals surface area contributed by atoms with Crippen LogP contribution < -0.4 is 4.74 Å². The molecule has 0 fully saturated rings. The van der Waals surface area contributed by atoms with Crippen LogP contribution in [0.5, 0.6) is 5.75 Å². The Hall–Kier alpha value is -2.03. The molecule has 0 aliphatic carbocycles. The molecule has 0 radical (unpaired) electrons. The molecule has 0 saturated heterocycles. The zero-order valence-corrected chi connectivity index (χ0v) is 17.9. The van der Waals surface area contributed by atoms with Crippen LogP contribution in [0.3, 0.4) is 0 Å². The molecule has 0 bridgehead atoms. The highest BCUT2D eigenvalue weighted by molar-refractivity contribution is 5.85. The van der Waals surface area contributed by atoms with Gasteiger partial charge >= 0.3 is 0 Å². The lowest BCUT2D eigenvalue weighted by Crippen LogP contribution is -2.27. The molecule has 3 heteroatoms. The van der Waals surface area contributed by atoms with Gasteiger partial charge < -0.3 is 9.64 Å². The number of halogens is 1. The number of benzene rings is 3. The Kier molecular flexibility index (Phi) is 9.33. The Labute approximate surface area is 175 Å². The highest BCUT2D eigenvalue weighted by atomic mass is 35.5. The zero-order chi connectivity index (χ0) is 18.9. The summed E-state index contributed by atoms with van der Waals surface area (Å²) in [6, 6.07) is 23.5. The third-order valence-corrected chi connectivity index (χ3v) is 4.91. The van der Waals surface area contributed by atoms with Crippen molar-refractivity contribution < 1.29 is 4.74 Å². The van der Waals surface area contributed by atoms with Gasteiger partial charge in [0.15, 0.2) is 0 Å². The number of hydrogen-bond donors (Lipinski definition) is 0. The number of rotatable bonds is 10. The first-order valence-electron chi connectivity index (χ1n) is 10.2. The van der Waals surface area contributed by atoms with E-state index in [1.165, 1.54) is 47.8 Å². The van der Waals surface area contributed by atoms with Crippen LogP contribution in [0, 0.1) is 0 Å². The molecule has 0 unspecified atom stereocenters. The summed E-state index contributed by atoms with van der Waals surface area (Å²) in [5.41, 5.74) is 2.55. The summed E-state index contributed by atoms with van der Waals surface area (Å²) < 4.78 is 6.07. The smallest absolute Gasteiger partial charge is 0.120 e. The van der Waals surface area contributed by atoms with Gasteiger partial charge in [-0.3, -0.25) is 0 Å². The van der Waals surface area contributed by atoms with Crippen LogP contribution in [-0.2, 0) is 13.0 Å². The Morgan fingerprint density at radius 3 is 2.21 bits per heavy atom.